The van der Waals surface area contributed by atoms with Gasteiger partial charge in [-0.3, -0.25) is 14.4 Å². The van der Waals surface area contributed by atoms with Crippen molar-refractivity contribution < 1.29 is 28.6 Å². The summed E-state index contributed by atoms with van der Waals surface area (Å²) < 4.78 is 16.9. The molecule has 0 fully saturated rings. The van der Waals surface area contributed by atoms with Crippen LogP contribution >= 0.6 is 0 Å². The number of hydrogen-bond acceptors (Lipinski definition) is 6. The van der Waals surface area contributed by atoms with E-state index in [1.807, 2.05) is 0 Å². The lowest BCUT2D eigenvalue weighted by Crippen LogP contribution is -2.30. The average Bonchev–Trinajstić information content (AvgIpc) is 3.47. The van der Waals surface area contributed by atoms with Crippen LogP contribution in [0.3, 0.4) is 0 Å². The summed E-state index contributed by atoms with van der Waals surface area (Å²) >= 11 is 0. The zero-order chi connectivity index (χ0) is 59.2. The molecule has 0 saturated carbocycles. The molecule has 0 aromatic rings. The minimum atomic E-state index is -0.764. The van der Waals surface area contributed by atoms with E-state index in [0.29, 0.717) is 19.3 Å². The van der Waals surface area contributed by atoms with Crippen LogP contribution in [0.2, 0.25) is 0 Å². The van der Waals surface area contributed by atoms with Crippen molar-refractivity contribution in [2.45, 2.75) is 444 Å². The smallest absolute Gasteiger partial charge is 0.306 e. The third-order valence-electron chi connectivity index (χ3n) is 17.5. The number of allylic oxidation sites excluding steroid dienone is 2. The minimum absolute atomic E-state index is 0.0622. The maximum absolute atomic E-state index is 12.9. The molecular formula is C76H146O6. The van der Waals surface area contributed by atoms with Gasteiger partial charge >= 0.3 is 17.9 Å². The van der Waals surface area contributed by atoms with Gasteiger partial charge in [-0.1, -0.05) is 386 Å². The normalized spacial score (nSPS) is 12.0. The number of esters is 3. The van der Waals surface area contributed by atoms with Crippen LogP contribution in [0.4, 0.5) is 0 Å². The molecule has 82 heavy (non-hydrogen) atoms. The van der Waals surface area contributed by atoms with E-state index in [9.17, 15) is 14.4 Å². The van der Waals surface area contributed by atoms with Gasteiger partial charge in [0.05, 0.1) is 0 Å². The van der Waals surface area contributed by atoms with Crippen LogP contribution < -0.4 is 0 Å². The van der Waals surface area contributed by atoms with Crippen molar-refractivity contribution in [2.24, 2.45) is 0 Å². The van der Waals surface area contributed by atoms with E-state index in [1.54, 1.807) is 0 Å². The Morgan fingerprint density at radius 1 is 0.232 bits per heavy atom. The topological polar surface area (TPSA) is 78.9 Å². The van der Waals surface area contributed by atoms with E-state index < -0.39 is 6.10 Å². The van der Waals surface area contributed by atoms with Gasteiger partial charge in [0.25, 0.3) is 0 Å². The molecule has 6 nitrogen and oxygen atoms in total. The first-order valence-electron chi connectivity index (χ1n) is 37.7. The van der Waals surface area contributed by atoms with Crippen molar-refractivity contribution in [3.8, 4) is 0 Å². The number of rotatable bonds is 71. The van der Waals surface area contributed by atoms with E-state index in [-0.39, 0.29) is 31.1 Å². The summed E-state index contributed by atoms with van der Waals surface area (Å²) in [6.45, 7) is 6.70. The van der Waals surface area contributed by atoms with Crippen LogP contribution in [-0.2, 0) is 28.6 Å². The zero-order valence-corrected chi connectivity index (χ0v) is 56.1. The molecule has 0 bridgehead atoms. The van der Waals surface area contributed by atoms with E-state index in [0.717, 1.165) is 57.8 Å². The van der Waals surface area contributed by atoms with Crippen molar-refractivity contribution in [1.29, 1.82) is 0 Å². The highest BCUT2D eigenvalue weighted by atomic mass is 16.6. The van der Waals surface area contributed by atoms with Crippen LogP contribution in [0, 0.1) is 0 Å². The summed E-state index contributed by atoms with van der Waals surface area (Å²) in [6, 6.07) is 0. The molecule has 0 aliphatic carbocycles. The molecule has 0 N–H and O–H groups in total. The summed E-state index contributed by atoms with van der Waals surface area (Å²) in [6.07, 6.45) is 87.2. The Balaban J connectivity index is 3.97. The van der Waals surface area contributed by atoms with Gasteiger partial charge in [0.1, 0.15) is 13.2 Å². The fourth-order valence-electron chi connectivity index (χ4n) is 11.9. The van der Waals surface area contributed by atoms with Gasteiger partial charge in [-0.05, 0) is 44.9 Å². The maximum atomic E-state index is 12.9. The first-order chi connectivity index (χ1) is 40.5. The molecular weight excluding hydrogens is 1010 g/mol. The number of unbranched alkanes of at least 4 members (excludes halogenated alkanes) is 58. The second-order valence-electron chi connectivity index (χ2n) is 25.9. The third-order valence-corrected chi connectivity index (χ3v) is 17.5. The summed E-state index contributed by atoms with van der Waals surface area (Å²) in [5, 5.41) is 0. The molecule has 0 heterocycles. The molecule has 0 aliphatic rings. The summed E-state index contributed by atoms with van der Waals surface area (Å²) in [4.78, 5) is 38.3. The summed E-state index contributed by atoms with van der Waals surface area (Å²) in [5.74, 6) is -0.831. The van der Waals surface area contributed by atoms with E-state index >= 15 is 0 Å². The molecule has 1 unspecified atom stereocenters. The van der Waals surface area contributed by atoms with Crippen LogP contribution in [0.1, 0.15) is 438 Å². The van der Waals surface area contributed by atoms with Gasteiger partial charge in [-0.15, -0.1) is 0 Å². The Morgan fingerprint density at radius 3 is 0.610 bits per heavy atom. The van der Waals surface area contributed by atoms with Crippen molar-refractivity contribution in [2.75, 3.05) is 13.2 Å². The lowest BCUT2D eigenvalue weighted by Gasteiger charge is -2.18. The Kier molecular flexibility index (Phi) is 70.0. The molecule has 0 spiro atoms. The van der Waals surface area contributed by atoms with E-state index in [4.69, 9.17) is 14.2 Å². The number of ether oxygens (including phenoxy) is 3. The largest absolute Gasteiger partial charge is 0.462 e. The zero-order valence-electron chi connectivity index (χ0n) is 56.1. The molecule has 0 aliphatic heterocycles. The molecule has 6 heteroatoms. The second-order valence-corrected chi connectivity index (χ2v) is 25.9. The van der Waals surface area contributed by atoms with Crippen molar-refractivity contribution >= 4 is 17.9 Å². The molecule has 0 aromatic heterocycles. The van der Waals surface area contributed by atoms with E-state index in [2.05, 4.69) is 32.9 Å². The van der Waals surface area contributed by atoms with Gasteiger partial charge in [-0.2, -0.15) is 0 Å². The average molecular weight is 1160 g/mol. The number of hydrogen-bond donors (Lipinski definition) is 0. The fraction of sp³-hybridized carbons (Fsp3) is 0.934. The van der Waals surface area contributed by atoms with Crippen LogP contribution in [0.5, 0.6) is 0 Å². The van der Waals surface area contributed by atoms with Gasteiger partial charge in [-0.25, -0.2) is 0 Å². The Labute approximate surface area is 513 Å². The molecule has 1 atom stereocenters. The lowest BCUT2D eigenvalue weighted by molar-refractivity contribution is -0.167. The molecule has 0 radical (unpaired) electrons. The van der Waals surface area contributed by atoms with Crippen molar-refractivity contribution in [1.82, 2.24) is 0 Å². The Bertz CT molecular complexity index is 1280. The highest BCUT2D eigenvalue weighted by molar-refractivity contribution is 5.71. The predicted octanol–water partition coefficient (Wildman–Crippen LogP) is 26.0. The highest BCUT2D eigenvalue weighted by Gasteiger charge is 2.20. The fourth-order valence-corrected chi connectivity index (χ4v) is 11.9. The molecule has 486 valence electrons. The van der Waals surface area contributed by atoms with Crippen molar-refractivity contribution in [3.05, 3.63) is 12.2 Å². The number of carbonyl (C=O) groups excluding carboxylic acids is 3. The highest BCUT2D eigenvalue weighted by Crippen LogP contribution is 2.20. The first kappa shape index (κ1) is 80.2. The maximum Gasteiger partial charge on any atom is 0.306 e. The first-order valence-corrected chi connectivity index (χ1v) is 37.7. The lowest BCUT2D eigenvalue weighted by atomic mass is 10.0. The van der Waals surface area contributed by atoms with E-state index in [1.165, 1.54) is 340 Å². The third kappa shape index (κ3) is 68.9. The van der Waals surface area contributed by atoms with Gasteiger partial charge in [0, 0.05) is 19.3 Å². The second kappa shape index (κ2) is 71.6. The summed E-state index contributed by atoms with van der Waals surface area (Å²) in [5.41, 5.74) is 0. The van der Waals surface area contributed by atoms with Crippen LogP contribution in [-0.4, -0.2) is 37.2 Å². The molecule has 0 aromatic carbocycles. The molecule has 0 saturated heterocycles. The van der Waals surface area contributed by atoms with Crippen LogP contribution in [0.15, 0.2) is 12.2 Å². The monoisotopic (exact) mass is 1160 g/mol. The number of carbonyl (C=O) groups is 3. The quantitative estimate of drug-likeness (QED) is 0.0261. The summed E-state index contributed by atoms with van der Waals surface area (Å²) in [7, 11) is 0. The molecule has 0 rings (SSSR count). The SMILES string of the molecule is CCCCCCCCCC/C=C\CCCCCCCCCCCCCCCCCCCCCCCC(=O)OCC(COC(=O)CCCCCCCCCC)OC(=O)CCCCCCCCCCCCCCCCCCCCCCCCC. The Morgan fingerprint density at radius 2 is 0.402 bits per heavy atom. The van der Waals surface area contributed by atoms with Crippen molar-refractivity contribution in [3.63, 3.8) is 0 Å². The Hall–Kier alpha value is -1.85. The minimum Gasteiger partial charge on any atom is -0.462 e. The van der Waals surface area contributed by atoms with Gasteiger partial charge in [0.15, 0.2) is 6.10 Å². The predicted molar refractivity (Wildman–Crippen MR) is 358 cm³/mol. The van der Waals surface area contributed by atoms with Gasteiger partial charge in [0.2, 0.25) is 0 Å². The van der Waals surface area contributed by atoms with Crippen LogP contribution in [0.25, 0.3) is 0 Å². The molecule has 0 amide bonds. The standard InChI is InChI=1S/C76H146O6/c1-4-7-10-13-16-19-21-23-25-27-29-31-33-34-35-36-37-38-39-40-41-42-44-45-47-49-51-53-55-57-60-63-66-69-75(78)81-72-73(71-80-74(77)68-65-62-59-18-15-12-9-6-3)82-76(79)70-67-64-61-58-56-54-52-50-48-46-43-32-30-28-26-24-22-20-17-14-11-8-5-2/h27,29,73H,4-26,28,30-72H2,1-3H3/b29-27-. The van der Waals surface area contributed by atoms with Gasteiger partial charge < -0.3 is 14.2 Å².